The number of nitrogens with zero attached hydrogens (tertiary/aromatic N) is 2. The Kier molecular flexibility index (Phi) is 4.77. The number of nitrogens with one attached hydrogen (secondary N) is 2. The van der Waals surface area contributed by atoms with E-state index in [0.29, 0.717) is 16.9 Å². The first-order valence-electron chi connectivity index (χ1n) is 7.11. The van der Waals surface area contributed by atoms with Gasteiger partial charge in [-0.3, -0.25) is 4.72 Å². The van der Waals surface area contributed by atoms with Gasteiger partial charge in [-0.25, -0.2) is 13.4 Å². The molecule has 1 saturated heterocycles. The molecule has 0 aliphatic carbocycles. The summed E-state index contributed by atoms with van der Waals surface area (Å²) in [6.45, 7) is 1.88. The summed E-state index contributed by atoms with van der Waals surface area (Å²) in [5.41, 5.74) is 2.39. The molecule has 1 atom stereocenters. The van der Waals surface area contributed by atoms with Crippen molar-refractivity contribution in [2.75, 3.05) is 29.8 Å². The molecular formula is C14H17ClN4O2S2. The molecule has 23 heavy (non-hydrogen) atoms. The Hall–Kier alpha value is -1.35. The van der Waals surface area contributed by atoms with Crippen LogP contribution in [0.5, 0.6) is 0 Å². The minimum Gasteiger partial charge on any atom is -0.369 e. The lowest BCUT2D eigenvalue weighted by atomic mass is 10.2. The zero-order chi connectivity index (χ0) is 16.4. The quantitative estimate of drug-likeness (QED) is 0.843. The monoisotopic (exact) mass is 372 g/mol. The highest BCUT2D eigenvalue weighted by Gasteiger charge is 2.23. The molecule has 2 aromatic rings. The summed E-state index contributed by atoms with van der Waals surface area (Å²) >= 11 is 7.65. The maximum absolute atomic E-state index is 12.4. The summed E-state index contributed by atoms with van der Waals surface area (Å²) < 4.78 is 27.2. The van der Waals surface area contributed by atoms with Crippen LogP contribution >= 0.6 is 22.9 Å². The van der Waals surface area contributed by atoms with E-state index in [9.17, 15) is 8.42 Å². The number of hydrogen-bond donors (Lipinski definition) is 2. The summed E-state index contributed by atoms with van der Waals surface area (Å²) in [6.07, 6.45) is 1.04. The third-order valence-electron chi connectivity index (χ3n) is 3.86. The Morgan fingerprint density at radius 1 is 1.48 bits per heavy atom. The molecule has 2 heterocycles. The SMILES string of the molecule is CN(c1ccc(S(=O)(=O)Nc2cscn2)cc1Cl)[C@H]1CCNC1. The average Bonchev–Trinajstić information content (AvgIpc) is 3.19. The van der Waals surface area contributed by atoms with E-state index in [2.05, 4.69) is 19.9 Å². The largest absolute Gasteiger partial charge is 0.369 e. The summed E-state index contributed by atoms with van der Waals surface area (Å²) in [7, 11) is -1.72. The second kappa shape index (κ2) is 6.64. The molecule has 3 rings (SSSR count). The molecule has 1 aliphatic heterocycles. The van der Waals surface area contributed by atoms with Crippen LogP contribution in [0.2, 0.25) is 5.02 Å². The third kappa shape index (κ3) is 3.60. The fourth-order valence-electron chi connectivity index (χ4n) is 2.57. The van der Waals surface area contributed by atoms with Gasteiger partial charge >= 0.3 is 0 Å². The molecule has 9 heteroatoms. The second-order valence-electron chi connectivity index (χ2n) is 5.35. The van der Waals surface area contributed by atoms with Crippen molar-refractivity contribution >= 4 is 44.5 Å². The lowest BCUT2D eigenvalue weighted by Crippen LogP contribution is -2.33. The van der Waals surface area contributed by atoms with Crippen molar-refractivity contribution in [1.29, 1.82) is 0 Å². The Balaban J connectivity index is 1.83. The fourth-order valence-corrected chi connectivity index (χ4v) is 4.53. The highest BCUT2D eigenvalue weighted by atomic mass is 35.5. The van der Waals surface area contributed by atoms with Gasteiger partial charge in [0.1, 0.15) is 0 Å². The Morgan fingerprint density at radius 3 is 2.91 bits per heavy atom. The van der Waals surface area contributed by atoms with E-state index in [1.54, 1.807) is 23.0 Å². The third-order valence-corrected chi connectivity index (χ3v) is 6.10. The minimum absolute atomic E-state index is 0.122. The van der Waals surface area contributed by atoms with Crippen molar-refractivity contribution in [3.05, 3.63) is 34.1 Å². The molecule has 0 radical (unpaired) electrons. The van der Waals surface area contributed by atoms with Crippen molar-refractivity contribution < 1.29 is 8.42 Å². The molecule has 0 unspecified atom stereocenters. The van der Waals surface area contributed by atoms with E-state index >= 15 is 0 Å². The van der Waals surface area contributed by atoms with Crippen LogP contribution in [0, 0.1) is 0 Å². The van der Waals surface area contributed by atoms with Gasteiger partial charge < -0.3 is 10.2 Å². The van der Waals surface area contributed by atoms with E-state index in [4.69, 9.17) is 11.6 Å². The topological polar surface area (TPSA) is 74.3 Å². The molecule has 1 fully saturated rings. The number of thiazole rings is 1. The van der Waals surface area contributed by atoms with Crippen LogP contribution < -0.4 is 14.9 Å². The lowest BCUT2D eigenvalue weighted by molar-refractivity contribution is 0.601. The van der Waals surface area contributed by atoms with Gasteiger partial charge in [-0.1, -0.05) is 11.6 Å². The predicted octanol–water partition coefficient (Wildman–Crippen LogP) is 2.40. The van der Waals surface area contributed by atoms with Gasteiger partial charge in [0, 0.05) is 25.0 Å². The van der Waals surface area contributed by atoms with Gasteiger partial charge in [0.25, 0.3) is 10.0 Å². The van der Waals surface area contributed by atoms with Crippen molar-refractivity contribution in [2.45, 2.75) is 17.4 Å². The number of hydrogen-bond acceptors (Lipinski definition) is 6. The van der Waals surface area contributed by atoms with Crippen LogP contribution in [0.3, 0.4) is 0 Å². The molecule has 6 nitrogen and oxygen atoms in total. The number of likely N-dealkylation sites (N-methyl/N-ethyl adjacent to an activating group) is 1. The predicted molar refractivity (Wildman–Crippen MR) is 94.1 cm³/mol. The smallest absolute Gasteiger partial charge is 0.263 e. The molecule has 1 aromatic carbocycles. The Morgan fingerprint density at radius 2 is 2.30 bits per heavy atom. The average molecular weight is 373 g/mol. The standard InChI is InChI=1S/C14H17ClN4O2S2/c1-19(10-4-5-16-7-10)13-3-2-11(6-12(13)15)23(20,21)18-14-8-22-9-17-14/h2-3,6,8-10,16,18H,4-5,7H2,1H3/t10-/m0/s1. The maximum Gasteiger partial charge on any atom is 0.263 e. The summed E-state index contributed by atoms with van der Waals surface area (Å²) in [4.78, 5) is 6.14. The van der Waals surface area contributed by atoms with Crippen molar-refractivity contribution in [1.82, 2.24) is 10.3 Å². The van der Waals surface area contributed by atoms with Crippen LogP contribution in [-0.4, -0.2) is 39.6 Å². The normalized spacial score (nSPS) is 18.1. The summed E-state index contributed by atoms with van der Waals surface area (Å²) in [5.74, 6) is 0.310. The molecule has 124 valence electrons. The molecule has 0 amide bonds. The zero-order valence-corrected chi connectivity index (χ0v) is 14.9. The number of rotatable bonds is 5. The van der Waals surface area contributed by atoms with E-state index in [0.717, 1.165) is 25.2 Å². The molecule has 1 aromatic heterocycles. The van der Waals surface area contributed by atoms with Crippen LogP contribution in [0.4, 0.5) is 11.5 Å². The van der Waals surface area contributed by atoms with Gasteiger partial charge in [-0.2, -0.15) is 0 Å². The molecule has 1 aliphatic rings. The number of sulfonamides is 1. The summed E-state index contributed by atoms with van der Waals surface area (Å²) in [5, 5.41) is 5.36. The van der Waals surface area contributed by atoms with Crippen LogP contribution in [-0.2, 0) is 10.0 Å². The van der Waals surface area contributed by atoms with Gasteiger partial charge in [0.15, 0.2) is 5.82 Å². The number of aromatic nitrogens is 1. The van der Waals surface area contributed by atoms with Gasteiger partial charge in [-0.15, -0.1) is 11.3 Å². The first kappa shape index (κ1) is 16.5. The van der Waals surface area contributed by atoms with Gasteiger partial charge in [0.05, 0.1) is 21.1 Å². The highest BCUT2D eigenvalue weighted by molar-refractivity contribution is 7.92. The Labute approximate surface area is 144 Å². The van der Waals surface area contributed by atoms with Crippen molar-refractivity contribution in [3.63, 3.8) is 0 Å². The highest BCUT2D eigenvalue weighted by Crippen LogP contribution is 2.30. The van der Waals surface area contributed by atoms with Crippen LogP contribution in [0.1, 0.15) is 6.42 Å². The van der Waals surface area contributed by atoms with E-state index in [1.807, 2.05) is 7.05 Å². The number of benzene rings is 1. The molecular weight excluding hydrogens is 356 g/mol. The van der Waals surface area contributed by atoms with Crippen LogP contribution in [0.15, 0.2) is 34.0 Å². The van der Waals surface area contributed by atoms with Crippen LogP contribution in [0.25, 0.3) is 0 Å². The van der Waals surface area contributed by atoms with E-state index < -0.39 is 10.0 Å². The molecule has 0 bridgehead atoms. The number of anilines is 2. The lowest BCUT2D eigenvalue weighted by Gasteiger charge is -2.27. The minimum atomic E-state index is -3.69. The molecule has 0 spiro atoms. The molecule has 0 saturated carbocycles. The van der Waals surface area contributed by atoms with Crippen molar-refractivity contribution in [2.24, 2.45) is 0 Å². The van der Waals surface area contributed by atoms with Gasteiger partial charge in [-0.05, 0) is 31.2 Å². The molecule has 2 N–H and O–H groups in total. The first-order valence-corrected chi connectivity index (χ1v) is 9.92. The maximum atomic E-state index is 12.4. The fraction of sp³-hybridized carbons (Fsp3) is 0.357. The van der Waals surface area contributed by atoms with Gasteiger partial charge in [0.2, 0.25) is 0 Å². The Bertz CT molecular complexity index is 774. The summed E-state index contributed by atoms with van der Waals surface area (Å²) in [6, 6.07) is 5.15. The van der Waals surface area contributed by atoms with Crippen molar-refractivity contribution in [3.8, 4) is 0 Å². The first-order chi connectivity index (χ1) is 11.0. The number of halogens is 1. The van der Waals surface area contributed by atoms with E-state index in [1.165, 1.54) is 17.4 Å². The zero-order valence-electron chi connectivity index (χ0n) is 12.5. The van der Waals surface area contributed by atoms with E-state index in [-0.39, 0.29) is 4.90 Å². The second-order valence-corrected chi connectivity index (χ2v) is 8.16.